The molecule has 4 amide bonds. The second-order valence-electron chi connectivity index (χ2n) is 17.4. The van der Waals surface area contributed by atoms with Crippen LogP contribution >= 0.6 is 0 Å². The summed E-state index contributed by atoms with van der Waals surface area (Å²) in [5, 5.41) is 19.1. The summed E-state index contributed by atoms with van der Waals surface area (Å²) in [7, 11) is 0. The zero-order valence-electron chi connectivity index (χ0n) is 38.4. The maximum Gasteiger partial charge on any atom is 0.246 e. The minimum atomic E-state index is -0.917. The van der Waals surface area contributed by atoms with Crippen LogP contribution in [-0.2, 0) is 38.6 Å². The first-order valence-corrected chi connectivity index (χ1v) is 23.3. The molecule has 4 aromatic carbocycles. The third-order valence-electron chi connectivity index (χ3n) is 12.2. The quantitative estimate of drug-likeness (QED) is 0.0708. The second kappa shape index (κ2) is 25.1. The molecular weight excluding hydrogens is 843 g/mol. The SMILES string of the molecule is C=C(C[C@@H]1CC2C(=O)NC(c3ccccc3)C(=C)NCC(=O)NC(CCCCN)C(=O)NC(Cc3ccc(OCc4ccccc4)cc3)C(=C)NC(Cc3ccccc3)C(=O)N2C1)NCCN. The molecule has 5 unspecified atom stereocenters. The van der Waals surface area contributed by atoms with Gasteiger partial charge in [0.1, 0.15) is 30.5 Å². The van der Waals surface area contributed by atoms with Gasteiger partial charge >= 0.3 is 0 Å². The maximum absolute atomic E-state index is 15.3. The highest BCUT2D eigenvalue weighted by atomic mass is 16.5. The summed E-state index contributed by atoms with van der Waals surface area (Å²) in [6, 6.07) is 32.3. The number of nitrogens with one attached hydrogen (secondary N) is 6. The lowest BCUT2D eigenvalue weighted by Gasteiger charge is -2.33. The molecule has 354 valence electrons. The lowest BCUT2D eigenvalue weighted by molar-refractivity contribution is -0.140. The topological polar surface area (TPSA) is 205 Å². The van der Waals surface area contributed by atoms with E-state index in [4.69, 9.17) is 16.2 Å². The number of carbonyl (C=O) groups excluding carboxylic acids is 4. The smallest absolute Gasteiger partial charge is 0.246 e. The number of benzene rings is 4. The minimum Gasteiger partial charge on any atom is -0.489 e. The summed E-state index contributed by atoms with van der Waals surface area (Å²) < 4.78 is 6.06. The van der Waals surface area contributed by atoms with Crippen LogP contribution in [0.2, 0.25) is 0 Å². The van der Waals surface area contributed by atoms with Crippen molar-refractivity contribution in [2.75, 3.05) is 32.7 Å². The fourth-order valence-electron chi connectivity index (χ4n) is 8.60. The molecule has 6 rings (SSSR count). The summed E-state index contributed by atoms with van der Waals surface area (Å²) in [6.45, 7) is 14.8. The van der Waals surface area contributed by atoms with Gasteiger partial charge < -0.3 is 53.0 Å². The first-order chi connectivity index (χ1) is 32.5. The van der Waals surface area contributed by atoms with Crippen LogP contribution < -0.4 is 48.1 Å². The lowest BCUT2D eigenvalue weighted by Crippen LogP contribution is -2.56. The van der Waals surface area contributed by atoms with Crippen LogP contribution in [0.5, 0.6) is 5.75 Å². The number of ether oxygens (including phenoxy) is 1. The standard InChI is InChI=1S/C53H67N9O5/c1-36(56-28-27-55)29-42-32-48-52(65)61-50(43-19-11-6-12-20-43)38(3)57-33-49(63)59-45(21-13-14-26-54)51(64)60-46(30-40-22-24-44(25-23-40)67-35-41-17-9-5-10-18-41)37(2)58-47(53(66)62(48)34-42)31-39-15-7-4-8-16-39/h4-12,15-20,22-25,42,45-48,50,56-58H,1-3,13-14,21,26-35,54-55H2,(H,59,63)(H,60,64)(H,61,65)/t42-,45?,46?,47?,48?,50?/m1/s1. The lowest BCUT2D eigenvalue weighted by atomic mass is 9.98. The van der Waals surface area contributed by atoms with Crippen molar-refractivity contribution < 1.29 is 23.9 Å². The predicted molar refractivity (Wildman–Crippen MR) is 263 cm³/mol. The van der Waals surface area contributed by atoms with Gasteiger partial charge in [-0.05, 0) is 85.4 Å². The summed E-state index contributed by atoms with van der Waals surface area (Å²) in [5.41, 5.74) is 16.7. The Bertz CT molecular complexity index is 2280. The van der Waals surface area contributed by atoms with E-state index in [1.165, 1.54) is 0 Å². The van der Waals surface area contributed by atoms with Crippen LogP contribution in [0.3, 0.4) is 0 Å². The Balaban J connectivity index is 1.36. The largest absolute Gasteiger partial charge is 0.489 e. The van der Waals surface area contributed by atoms with E-state index in [0.29, 0.717) is 88.5 Å². The van der Waals surface area contributed by atoms with E-state index in [0.717, 1.165) is 28.0 Å². The van der Waals surface area contributed by atoms with E-state index in [1.54, 1.807) is 4.90 Å². The Kier molecular flexibility index (Phi) is 18.6. The number of unbranched alkanes of at least 4 members (excludes halogenated alkanes) is 1. The third kappa shape index (κ3) is 14.8. The van der Waals surface area contributed by atoms with Crippen molar-refractivity contribution in [3.05, 3.63) is 174 Å². The maximum atomic E-state index is 15.3. The number of carbonyl (C=O) groups is 4. The van der Waals surface area contributed by atoms with Gasteiger partial charge in [-0.2, -0.15) is 0 Å². The van der Waals surface area contributed by atoms with Crippen LogP contribution in [-0.4, -0.2) is 85.4 Å². The Morgan fingerprint density at radius 1 is 0.687 bits per heavy atom. The summed E-state index contributed by atoms with van der Waals surface area (Å²) in [4.78, 5) is 59.9. The van der Waals surface area contributed by atoms with E-state index in [-0.39, 0.29) is 30.7 Å². The third-order valence-corrected chi connectivity index (χ3v) is 12.2. The highest BCUT2D eigenvalue weighted by molar-refractivity contribution is 5.91. The number of hydrogen-bond acceptors (Lipinski definition) is 10. The molecule has 0 aliphatic carbocycles. The highest BCUT2D eigenvalue weighted by Gasteiger charge is 2.43. The van der Waals surface area contributed by atoms with Crippen molar-refractivity contribution in [3.8, 4) is 5.75 Å². The fraction of sp³-hybridized carbons (Fsp3) is 0.358. The van der Waals surface area contributed by atoms with Crippen molar-refractivity contribution in [2.45, 2.75) is 81.8 Å². The van der Waals surface area contributed by atoms with Crippen molar-refractivity contribution >= 4 is 23.6 Å². The van der Waals surface area contributed by atoms with Gasteiger partial charge in [0.15, 0.2) is 0 Å². The van der Waals surface area contributed by atoms with Crippen LogP contribution in [0.1, 0.15) is 60.4 Å². The van der Waals surface area contributed by atoms with Gasteiger partial charge in [-0.1, -0.05) is 123 Å². The molecule has 0 bridgehead atoms. The Morgan fingerprint density at radius 2 is 1.33 bits per heavy atom. The number of amides is 4. The molecule has 10 N–H and O–H groups in total. The van der Waals surface area contributed by atoms with Gasteiger partial charge in [0.05, 0.1) is 18.6 Å². The molecule has 14 heteroatoms. The van der Waals surface area contributed by atoms with Gasteiger partial charge in [-0.3, -0.25) is 19.2 Å². The molecule has 0 aromatic heterocycles. The van der Waals surface area contributed by atoms with E-state index in [2.05, 4.69) is 51.6 Å². The van der Waals surface area contributed by atoms with Gasteiger partial charge in [0.25, 0.3) is 0 Å². The van der Waals surface area contributed by atoms with Gasteiger partial charge in [-0.15, -0.1) is 0 Å². The summed E-state index contributed by atoms with van der Waals surface area (Å²) in [5.74, 6) is -0.920. The molecule has 0 spiro atoms. The Labute approximate surface area is 395 Å². The molecule has 6 atom stereocenters. The Morgan fingerprint density at radius 3 is 2.00 bits per heavy atom. The zero-order chi connectivity index (χ0) is 47.5. The number of nitrogens with zero attached hydrogens (tertiary/aromatic N) is 1. The number of nitrogens with two attached hydrogens (primary N) is 2. The van der Waals surface area contributed by atoms with E-state index in [1.807, 2.05) is 115 Å². The van der Waals surface area contributed by atoms with E-state index < -0.39 is 42.0 Å². The summed E-state index contributed by atoms with van der Waals surface area (Å²) in [6.07, 6.45) is 3.04. The first kappa shape index (κ1) is 49.5. The molecule has 67 heavy (non-hydrogen) atoms. The fourth-order valence-corrected chi connectivity index (χ4v) is 8.60. The van der Waals surface area contributed by atoms with E-state index >= 15 is 4.79 Å². The van der Waals surface area contributed by atoms with Crippen molar-refractivity contribution in [1.82, 2.24) is 36.8 Å². The van der Waals surface area contributed by atoms with Crippen molar-refractivity contribution in [2.24, 2.45) is 17.4 Å². The van der Waals surface area contributed by atoms with Crippen LogP contribution in [0.25, 0.3) is 0 Å². The predicted octanol–water partition coefficient (Wildman–Crippen LogP) is 4.26. The van der Waals surface area contributed by atoms with Crippen LogP contribution in [0, 0.1) is 5.92 Å². The van der Waals surface area contributed by atoms with Crippen LogP contribution in [0.4, 0.5) is 0 Å². The molecule has 2 saturated heterocycles. The van der Waals surface area contributed by atoms with Gasteiger partial charge in [-0.25, -0.2) is 0 Å². The van der Waals surface area contributed by atoms with E-state index in [9.17, 15) is 14.4 Å². The Hall–Kier alpha value is -6.90. The normalized spacial score (nSPS) is 21.9. The number of rotatable bonds is 17. The summed E-state index contributed by atoms with van der Waals surface area (Å²) >= 11 is 0. The number of allylic oxidation sites excluding steroid dienone is 1. The first-order valence-electron chi connectivity index (χ1n) is 23.3. The van der Waals surface area contributed by atoms with Crippen molar-refractivity contribution in [1.29, 1.82) is 0 Å². The minimum absolute atomic E-state index is 0.102. The van der Waals surface area contributed by atoms with Gasteiger partial charge in [0, 0.05) is 43.1 Å². The van der Waals surface area contributed by atoms with Crippen LogP contribution in [0.15, 0.2) is 152 Å². The molecule has 14 nitrogen and oxygen atoms in total. The molecule has 2 aliphatic heterocycles. The average Bonchev–Trinajstić information content (AvgIpc) is 3.77. The molecule has 2 aliphatic rings. The van der Waals surface area contributed by atoms with Crippen molar-refractivity contribution in [3.63, 3.8) is 0 Å². The number of hydrogen-bond donors (Lipinski definition) is 8. The molecule has 2 heterocycles. The monoisotopic (exact) mass is 910 g/mol. The highest BCUT2D eigenvalue weighted by Crippen LogP contribution is 2.31. The average molecular weight is 910 g/mol. The molecular formula is C53H67N9O5. The molecule has 4 aromatic rings. The second-order valence-corrected chi connectivity index (χ2v) is 17.4. The molecule has 0 radical (unpaired) electrons. The zero-order valence-corrected chi connectivity index (χ0v) is 38.4. The molecule has 2 fully saturated rings. The molecule has 0 saturated carbocycles. The van der Waals surface area contributed by atoms with Gasteiger partial charge in [0.2, 0.25) is 23.6 Å². The number of fused-ring (bicyclic) bond motifs is 1.